The van der Waals surface area contributed by atoms with E-state index in [1.807, 2.05) is 12.2 Å². The molecule has 0 fully saturated rings. The molecule has 0 N–H and O–H groups in total. The lowest BCUT2D eigenvalue weighted by Crippen LogP contribution is -1.73. The fourth-order valence-electron chi connectivity index (χ4n) is 0.826. The summed E-state index contributed by atoms with van der Waals surface area (Å²) in [6, 6.07) is 0. The van der Waals surface area contributed by atoms with Crippen LogP contribution in [0.15, 0.2) is 34.4 Å². The molecule has 10 heavy (non-hydrogen) atoms. The molecule has 0 unspecified atom stereocenters. The Kier molecular flexibility index (Phi) is 2.34. The van der Waals surface area contributed by atoms with E-state index in [9.17, 15) is 0 Å². The zero-order valence-electron chi connectivity index (χ0n) is 6.32. The second kappa shape index (κ2) is 3.07. The van der Waals surface area contributed by atoms with Crippen LogP contribution in [0.4, 0.5) is 0 Å². The molecule has 0 bridgehead atoms. The highest BCUT2D eigenvalue weighted by atomic mass is 35.5. The van der Waals surface area contributed by atoms with Gasteiger partial charge in [0.1, 0.15) is 0 Å². The van der Waals surface area contributed by atoms with E-state index < -0.39 is 0 Å². The van der Waals surface area contributed by atoms with Gasteiger partial charge in [-0.25, -0.2) is 0 Å². The lowest BCUT2D eigenvalue weighted by Gasteiger charge is -1.93. The molecule has 54 valence electrons. The zero-order chi connectivity index (χ0) is 7.56. The lowest BCUT2D eigenvalue weighted by molar-refractivity contribution is 1.19. The van der Waals surface area contributed by atoms with Gasteiger partial charge >= 0.3 is 0 Å². The van der Waals surface area contributed by atoms with Crippen molar-refractivity contribution in [3.8, 4) is 0 Å². The highest BCUT2D eigenvalue weighted by molar-refractivity contribution is 6.31. The van der Waals surface area contributed by atoms with Crippen LogP contribution >= 0.6 is 11.6 Å². The summed E-state index contributed by atoms with van der Waals surface area (Å²) in [7, 11) is 0. The van der Waals surface area contributed by atoms with E-state index in [1.54, 1.807) is 0 Å². The van der Waals surface area contributed by atoms with Crippen LogP contribution in [0.3, 0.4) is 0 Å². The summed E-state index contributed by atoms with van der Waals surface area (Å²) in [5, 5.41) is 0.883. The molecule has 1 aliphatic rings. The van der Waals surface area contributed by atoms with Gasteiger partial charge in [0.25, 0.3) is 0 Å². The van der Waals surface area contributed by atoms with Gasteiger partial charge in [0.05, 0.1) is 0 Å². The minimum atomic E-state index is 0.883. The van der Waals surface area contributed by atoms with E-state index in [4.69, 9.17) is 11.6 Å². The molecule has 0 amide bonds. The first-order valence-electron chi connectivity index (χ1n) is 3.40. The molecular formula is C9H11Cl. The van der Waals surface area contributed by atoms with Crippen molar-refractivity contribution in [3.63, 3.8) is 0 Å². The van der Waals surface area contributed by atoms with Crippen LogP contribution in [0.1, 0.15) is 20.3 Å². The topological polar surface area (TPSA) is 0 Å². The predicted octanol–water partition coefficient (Wildman–Crippen LogP) is 3.41. The van der Waals surface area contributed by atoms with Gasteiger partial charge in [-0.15, -0.1) is 0 Å². The molecule has 0 spiro atoms. The molecule has 1 rings (SSSR count). The van der Waals surface area contributed by atoms with Gasteiger partial charge in [-0.1, -0.05) is 34.9 Å². The van der Waals surface area contributed by atoms with Crippen molar-refractivity contribution in [1.82, 2.24) is 0 Å². The molecule has 0 aromatic heterocycles. The smallest absolute Gasteiger partial charge is 0.0398 e. The maximum absolute atomic E-state index is 5.90. The third kappa shape index (κ3) is 1.74. The van der Waals surface area contributed by atoms with Crippen molar-refractivity contribution in [3.05, 3.63) is 34.4 Å². The third-order valence-corrected chi connectivity index (χ3v) is 2.08. The first-order chi connectivity index (χ1) is 4.70. The summed E-state index contributed by atoms with van der Waals surface area (Å²) in [4.78, 5) is 0. The van der Waals surface area contributed by atoms with E-state index in [2.05, 4.69) is 19.9 Å². The molecule has 0 atom stereocenters. The molecule has 1 heteroatoms. The Morgan fingerprint density at radius 2 is 2.00 bits per heavy atom. The van der Waals surface area contributed by atoms with Crippen LogP contribution in [0.5, 0.6) is 0 Å². The summed E-state index contributed by atoms with van der Waals surface area (Å²) >= 11 is 5.90. The molecule has 0 saturated heterocycles. The molecular weight excluding hydrogens is 144 g/mol. The number of allylic oxidation sites excluding steroid dienone is 6. The summed E-state index contributed by atoms with van der Waals surface area (Å²) in [6.45, 7) is 4.14. The SMILES string of the molecule is CC1=CCC(C)=C(Cl)C=C1. The van der Waals surface area contributed by atoms with E-state index in [0.717, 1.165) is 11.5 Å². The van der Waals surface area contributed by atoms with Crippen LogP contribution in [0, 0.1) is 0 Å². The second-order valence-electron chi connectivity index (χ2n) is 2.61. The van der Waals surface area contributed by atoms with E-state index in [-0.39, 0.29) is 0 Å². The Hall–Kier alpha value is -0.490. The molecule has 0 radical (unpaired) electrons. The lowest BCUT2D eigenvalue weighted by atomic mass is 10.2. The van der Waals surface area contributed by atoms with Crippen LogP contribution in [0.25, 0.3) is 0 Å². The predicted molar refractivity (Wildman–Crippen MR) is 46.1 cm³/mol. The quantitative estimate of drug-likeness (QED) is 0.502. The van der Waals surface area contributed by atoms with Crippen molar-refractivity contribution >= 4 is 11.6 Å². The highest BCUT2D eigenvalue weighted by Gasteiger charge is 1.97. The van der Waals surface area contributed by atoms with Crippen LogP contribution < -0.4 is 0 Å². The van der Waals surface area contributed by atoms with Crippen molar-refractivity contribution in [2.45, 2.75) is 20.3 Å². The monoisotopic (exact) mass is 154 g/mol. The largest absolute Gasteiger partial charge is 0.0844 e. The van der Waals surface area contributed by atoms with E-state index >= 15 is 0 Å². The fraction of sp³-hybridized carbons (Fsp3) is 0.333. The van der Waals surface area contributed by atoms with Crippen LogP contribution in [0.2, 0.25) is 0 Å². The maximum atomic E-state index is 5.90. The number of hydrogen-bond acceptors (Lipinski definition) is 0. The van der Waals surface area contributed by atoms with Crippen molar-refractivity contribution in [2.24, 2.45) is 0 Å². The normalized spacial score (nSPS) is 18.9. The van der Waals surface area contributed by atoms with Gasteiger partial charge in [0, 0.05) is 5.03 Å². The Morgan fingerprint density at radius 3 is 2.70 bits per heavy atom. The fourth-order valence-corrected chi connectivity index (χ4v) is 0.967. The standard InChI is InChI=1S/C9H11Cl/c1-7-3-5-8(2)9(10)6-4-7/h3-4,6H,5H2,1-2H3. The third-order valence-electron chi connectivity index (χ3n) is 1.63. The maximum Gasteiger partial charge on any atom is 0.0398 e. The Morgan fingerprint density at radius 1 is 1.30 bits per heavy atom. The average Bonchev–Trinajstić information content (AvgIpc) is 2.04. The van der Waals surface area contributed by atoms with Crippen molar-refractivity contribution in [1.29, 1.82) is 0 Å². The van der Waals surface area contributed by atoms with E-state index in [1.165, 1.54) is 11.1 Å². The van der Waals surface area contributed by atoms with Gasteiger partial charge in [-0.2, -0.15) is 0 Å². The summed E-state index contributed by atoms with van der Waals surface area (Å²) in [5.41, 5.74) is 2.53. The Balaban J connectivity index is 2.89. The number of hydrogen-bond donors (Lipinski definition) is 0. The Bertz CT molecular complexity index is 219. The van der Waals surface area contributed by atoms with Crippen molar-refractivity contribution in [2.75, 3.05) is 0 Å². The summed E-state index contributed by atoms with van der Waals surface area (Å²) in [6.07, 6.45) is 7.16. The van der Waals surface area contributed by atoms with Gasteiger partial charge in [0.15, 0.2) is 0 Å². The van der Waals surface area contributed by atoms with Gasteiger partial charge in [-0.3, -0.25) is 0 Å². The molecule has 0 aromatic carbocycles. The minimum absolute atomic E-state index is 0.883. The molecule has 0 heterocycles. The van der Waals surface area contributed by atoms with Gasteiger partial charge < -0.3 is 0 Å². The molecule has 0 saturated carbocycles. The first kappa shape index (κ1) is 7.62. The zero-order valence-corrected chi connectivity index (χ0v) is 7.07. The molecule has 1 aliphatic carbocycles. The van der Waals surface area contributed by atoms with Crippen LogP contribution in [-0.2, 0) is 0 Å². The molecule has 0 nitrogen and oxygen atoms in total. The van der Waals surface area contributed by atoms with Crippen LogP contribution in [-0.4, -0.2) is 0 Å². The summed E-state index contributed by atoms with van der Waals surface area (Å²) in [5.74, 6) is 0. The van der Waals surface area contributed by atoms with Crippen molar-refractivity contribution < 1.29 is 0 Å². The summed E-state index contributed by atoms with van der Waals surface area (Å²) < 4.78 is 0. The Labute approximate surface area is 66.9 Å². The minimum Gasteiger partial charge on any atom is -0.0844 e. The van der Waals surface area contributed by atoms with Gasteiger partial charge in [-0.05, 0) is 26.3 Å². The number of halogens is 1. The highest BCUT2D eigenvalue weighted by Crippen LogP contribution is 2.19. The van der Waals surface area contributed by atoms with Gasteiger partial charge in [0.2, 0.25) is 0 Å². The molecule has 0 aliphatic heterocycles. The van der Waals surface area contributed by atoms with E-state index in [0.29, 0.717) is 0 Å². The molecule has 0 aromatic rings. The number of rotatable bonds is 0. The first-order valence-corrected chi connectivity index (χ1v) is 3.78. The second-order valence-corrected chi connectivity index (χ2v) is 3.02. The average molecular weight is 155 g/mol.